The molecule has 0 amide bonds. The van der Waals surface area contributed by atoms with Gasteiger partial charge in [-0.15, -0.1) is 0 Å². The first kappa shape index (κ1) is 8.33. The minimum absolute atomic E-state index is 0.530. The van der Waals surface area contributed by atoms with Crippen LogP contribution in [0.1, 0.15) is 0 Å². The molecule has 0 bridgehead atoms. The summed E-state index contributed by atoms with van der Waals surface area (Å²) < 4.78 is 0.780. The molecule has 0 radical (unpaired) electrons. The fourth-order valence-corrected chi connectivity index (χ4v) is 1.47. The van der Waals surface area contributed by atoms with Crippen molar-refractivity contribution in [3.8, 4) is 0 Å². The maximum absolute atomic E-state index is 5.47. The Morgan fingerprint density at radius 3 is 2.55 bits per heavy atom. The van der Waals surface area contributed by atoms with Gasteiger partial charge >= 0.3 is 0 Å². The average Bonchev–Trinajstić information content (AvgIpc) is 1.85. The average molecular weight is 216 g/mol. The number of nitrogens with two attached hydrogens (primary N) is 1. The summed E-state index contributed by atoms with van der Waals surface area (Å²) in [6.07, 6.45) is 0. The number of anilines is 2. The molecule has 0 fully saturated rings. The van der Waals surface area contributed by atoms with Crippen molar-refractivity contribution in [3.05, 3.63) is 16.7 Å². The topological polar surface area (TPSA) is 42.1 Å². The highest BCUT2D eigenvalue weighted by molar-refractivity contribution is 9.10. The molecule has 0 aliphatic heterocycles. The molecule has 1 aromatic heterocycles. The van der Waals surface area contributed by atoms with Crippen molar-refractivity contribution < 1.29 is 0 Å². The summed E-state index contributed by atoms with van der Waals surface area (Å²) in [5.74, 6) is 0.530. The molecule has 1 aromatic rings. The minimum atomic E-state index is 0.530. The van der Waals surface area contributed by atoms with E-state index in [2.05, 4.69) is 20.9 Å². The lowest BCUT2D eigenvalue weighted by molar-refractivity contribution is 1.10. The van der Waals surface area contributed by atoms with Crippen LogP contribution in [0, 0.1) is 0 Å². The molecule has 1 heterocycles. The Morgan fingerprint density at radius 1 is 1.45 bits per heavy atom. The van der Waals surface area contributed by atoms with Crippen LogP contribution in [0.2, 0.25) is 0 Å². The van der Waals surface area contributed by atoms with Crippen molar-refractivity contribution in [1.82, 2.24) is 4.98 Å². The standard InChI is InChI=1S/C7H10BrN3/c1-11(2)5-3-4-6(9)10-7(5)8/h3-4H,1-2H3,(H2,9,10). The highest BCUT2D eigenvalue weighted by Gasteiger charge is 2.01. The zero-order chi connectivity index (χ0) is 8.43. The number of aromatic nitrogens is 1. The lowest BCUT2D eigenvalue weighted by Crippen LogP contribution is -2.10. The summed E-state index contributed by atoms with van der Waals surface area (Å²) in [6, 6.07) is 3.70. The van der Waals surface area contributed by atoms with Crippen LogP contribution in [-0.4, -0.2) is 19.1 Å². The number of rotatable bonds is 1. The molecular formula is C7H10BrN3. The lowest BCUT2D eigenvalue weighted by atomic mass is 10.4. The third-order valence-corrected chi connectivity index (χ3v) is 1.92. The van der Waals surface area contributed by atoms with Gasteiger partial charge in [0.25, 0.3) is 0 Å². The smallest absolute Gasteiger partial charge is 0.131 e. The molecule has 0 aliphatic rings. The molecule has 11 heavy (non-hydrogen) atoms. The van der Waals surface area contributed by atoms with Gasteiger partial charge in [0.05, 0.1) is 5.69 Å². The van der Waals surface area contributed by atoms with E-state index < -0.39 is 0 Å². The number of hydrogen-bond acceptors (Lipinski definition) is 3. The number of halogens is 1. The molecule has 0 saturated heterocycles. The maximum atomic E-state index is 5.47. The molecule has 0 aromatic carbocycles. The SMILES string of the molecule is CN(C)c1ccc(N)nc1Br. The van der Waals surface area contributed by atoms with Crippen LogP contribution in [0.25, 0.3) is 0 Å². The summed E-state index contributed by atoms with van der Waals surface area (Å²) in [7, 11) is 3.91. The number of nitrogens with zero attached hydrogens (tertiary/aromatic N) is 2. The van der Waals surface area contributed by atoms with E-state index in [1.807, 2.05) is 25.1 Å². The zero-order valence-corrected chi connectivity index (χ0v) is 8.09. The van der Waals surface area contributed by atoms with Crippen molar-refractivity contribution in [3.63, 3.8) is 0 Å². The Kier molecular flexibility index (Phi) is 2.34. The second-order valence-corrected chi connectivity index (χ2v) is 3.19. The first-order chi connectivity index (χ1) is 5.11. The summed E-state index contributed by atoms with van der Waals surface area (Å²) in [5, 5.41) is 0. The van der Waals surface area contributed by atoms with Gasteiger partial charge < -0.3 is 10.6 Å². The fourth-order valence-electron chi connectivity index (χ4n) is 0.775. The second kappa shape index (κ2) is 3.09. The van der Waals surface area contributed by atoms with Gasteiger partial charge in [0.15, 0.2) is 0 Å². The normalized spacial score (nSPS) is 9.73. The number of hydrogen-bond donors (Lipinski definition) is 1. The van der Waals surface area contributed by atoms with Crippen LogP contribution in [0.15, 0.2) is 16.7 Å². The number of pyridine rings is 1. The molecule has 3 nitrogen and oxygen atoms in total. The van der Waals surface area contributed by atoms with Crippen LogP contribution in [0.4, 0.5) is 11.5 Å². The van der Waals surface area contributed by atoms with E-state index in [0.717, 1.165) is 10.3 Å². The first-order valence-electron chi connectivity index (χ1n) is 3.20. The summed E-state index contributed by atoms with van der Waals surface area (Å²) in [4.78, 5) is 6.02. The highest BCUT2D eigenvalue weighted by Crippen LogP contribution is 2.22. The molecule has 0 spiro atoms. The Morgan fingerprint density at radius 2 is 2.09 bits per heavy atom. The third-order valence-electron chi connectivity index (χ3n) is 1.33. The van der Waals surface area contributed by atoms with E-state index in [4.69, 9.17) is 5.73 Å². The molecule has 0 saturated carbocycles. The summed E-state index contributed by atoms with van der Waals surface area (Å²) in [6.45, 7) is 0. The molecule has 60 valence electrons. The fraction of sp³-hybridized carbons (Fsp3) is 0.286. The molecule has 0 atom stereocenters. The van der Waals surface area contributed by atoms with Gasteiger partial charge in [0.2, 0.25) is 0 Å². The molecule has 0 aliphatic carbocycles. The van der Waals surface area contributed by atoms with Gasteiger partial charge in [-0.25, -0.2) is 4.98 Å². The van der Waals surface area contributed by atoms with E-state index in [1.54, 1.807) is 6.07 Å². The maximum Gasteiger partial charge on any atom is 0.131 e. The van der Waals surface area contributed by atoms with Crippen LogP contribution in [0.3, 0.4) is 0 Å². The second-order valence-electron chi connectivity index (χ2n) is 2.44. The van der Waals surface area contributed by atoms with E-state index in [1.165, 1.54) is 0 Å². The third kappa shape index (κ3) is 1.83. The van der Waals surface area contributed by atoms with E-state index in [-0.39, 0.29) is 0 Å². The van der Waals surface area contributed by atoms with Crippen LogP contribution in [0.5, 0.6) is 0 Å². The Balaban J connectivity index is 3.09. The van der Waals surface area contributed by atoms with Crippen molar-refractivity contribution >= 4 is 27.4 Å². The largest absolute Gasteiger partial charge is 0.384 e. The number of nitrogen functional groups attached to an aromatic ring is 1. The van der Waals surface area contributed by atoms with Gasteiger partial charge in [0.1, 0.15) is 10.4 Å². The molecule has 0 unspecified atom stereocenters. The Bertz CT molecular complexity index is 260. The monoisotopic (exact) mass is 215 g/mol. The van der Waals surface area contributed by atoms with Gasteiger partial charge in [0, 0.05) is 14.1 Å². The predicted octanol–water partition coefficient (Wildman–Crippen LogP) is 1.49. The van der Waals surface area contributed by atoms with E-state index >= 15 is 0 Å². The highest BCUT2D eigenvalue weighted by atomic mass is 79.9. The molecule has 2 N–H and O–H groups in total. The molecule has 1 rings (SSSR count). The van der Waals surface area contributed by atoms with Crippen LogP contribution in [-0.2, 0) is 0 Å². The van der Waals surface area contributed by atoms with Gasteiger partial charge in [-0.1, -0.05) is 0 Å². The van der Waals surface area contributed by atoms with Crippen LogP contribution < -0.4 is 10.6 Å². The minimum Gasteiger partial charge on any atom is -0.384 e. The predicted molar refractivity (Wildman–Crippen MR) is 50.7 cm³/mol. The van der Waals surface area contributed by atoms with E-state index in [0.29, 0.717) is 5.82 Å². The van der Waals surface area contributed by atoms with Crippen molar-refractivity contribution in [2.45, 2.75) is 0 Å². The molecular weight excluding hydrogens is 206 g/mol. The van der Waals surface area contributed by atoms with Crippen LogP contribution >= 0.6 is 15.9 Å². The summed E-state index contributed by atoms with van der Waals surface area (Å²) in [5.41, 5.74) is 6.50. The van der Waals surface area contributed by atoms with Gasteiger partial charge in [-0.05, 0) is 28.1 Å². The Hall–Kier alpha value is -0.770. The van der Waals surface area contributed by atoms with E-state index in [9.17, 15) is 0 Å². The van der Waals surface area contributed by atoms with Crippen molar-refractivity contribution in [2.75, 3.05) is 24.7 Å². The Labute approximate surface area is 74.3 Å². The van der Waals surface area contributed by atoms with Crippen molar-refractivity contribution in [1.29, 1.82) is 0 Å². The van der Waals surface area contributed by atoms with Gasteiger partial charge in [-0.2, -0.15) is 0 Å². The van der Waals surface area contributed by atoms with Gasteiger partial charge in [-0.3, -0.25) is 0 Å². The van der Waals surface area contributed by atoms with Crippen molar-refractivity contribution in [2.24, 2.45) is 0 Å². The zero-order valence-electron chi connectivity index (χ0n) is 6.50. The molecule has 4 heteroatoms. The summed E-state index contributed by atoms with van der Waals surface area (Å²) >= 11 is 3.31. The lowest BCUT2D eigenvalue weighted by Gasteiger charge is -2.13. The quantitative estimate of drug-likeness (QED) is 0.723. The first-order valence-corrected chi connectivity index (χ1v) is 4.00.